The Morgan fingerprint density at radius 1 is 1.15 bits per heavy atom. The van der Waals surface area contributed by atoms with Crippen molar-refractivity contribution in [3.8, 4) is 11.5 Å². The third-order valence-corrected chi connectivity index (χ3v) is 4.38. The van der Waals surface area contributed by atoms with Crippen LogP contribution in [0.25, 0.3) is 0 Å². The monoisotopic (exact) mass is 419 g/mol. The first kappa shape index (κ1) is 20.0. The van der Waals surface area contributed by atoms with E-state index in [2.05, 4.69) is 21.2 Å². The van der Waals surface area contributed by atoms with Gasteiger partial charge >= 0.3 is 0 Å². The largest absolute Gasteiger partial charge is 0.496 e. The average Bonchev–Trinajstić information content (AvgIpc) is 2.64. The average molecular weight is 420 g/mol. The molecule has 6 heteroatoms. The van der Waals surface area contributed by atoms with Crippen LogP contribution in [-0.2, 0) is 11.3 Å². The summed E-state index contributed by atoms with van der Waals surface area (Å²) in [7, 11) is 1.61. The van der Waals surface area contributed by atoms with E-state index < -0.39 is 0 Å². The molecule has 0 aliphatic heterocycles. The Bertz CT molecular complexity index is 776. The van der Waals surface area contributed by atoms with Gasteiger partial charge in [0, 0.05) is 18.5 Å². The van der Waals surface area contributed by atoms with Crippen LogP contribution in [0, 0.1) is 0 Å². The molecule has 2 aromatic rings. The predicted octanol–water partition coefficient (Wildman–Crippen LogP) is 4.14. The Hall–Kier alpha value is -2.34. The minimum atomic E-state index is -0.0296. The number of hydrogen-bond acceptors (Lipinski definition) is 4. The Balaban J connectivity index is 1.70. The van der Waals surface area contributed by atoms with E-state index in [9.17, 15) is 9.59 Å². The number of rotatable bonds is 9. The van der Waals surface area contributed by atoms with Crippen LogP contribution in [0.5, 0.6) is 11.5 Å². The molecule has 0 aromatic heterocycles. The van der Waals surface area contributed by atoms with Crippen LogP contribution in [0.15, 0.2) is 46.9 Å². The van der Waals surface area contributed by atoms with E-state index in [4.69, 9.17) is 9.47 Å². The zero-order chi connectivity index (χ0) is 18.9. The normalized spacial score (nSPS) is 10.3. The molecule has 1 N–H and O–H groups in total. The SMILES string of the molecule is COc1ccc(CNC(=O)CCCOc2cccc(C(C)=O)c2)cc1Br. The summed E-state index contributed by atoms with van der Waals surface area (Å²) in [6, 6.07) is 12.7. The molecular formula is C20H22BrNO4. The van der Waals surface area contributed by atoms with Crippen molar-refractivity contribution in [3.63, 3.8) is 0 Å². The van der Waals surface area contributed by atoms with E-state index in [-0.39, 0.29) is 11.7 Å². The molecule has 0 atom stereocenters. The lowest BCUT2D eigenvalue weighted by atomic mass is 10.1. The Labute approximate surface area is 161 Å². The van der Waals surface area contributed by atoms with Crippen LogP contribution in [0.1, 0.15) is 35.7 Å². The number of nitrogens with one attached hydrogen (secondary N) is 1. The minimum absolute atomic E-state index is 0.00000330. The van der Waals surface area contributed by atoms with Gasteiger partial charge in [0.15, 0.2) is 5.78 Å². The summed E-state index contributed by atoms with van der Waals surface area (Å²) in [5.74, 6) is 1.37. The highest BCUT2D eigenvalue weighted by Crippen LogP contribution is 2.25. The van der Waals surface area contributed by atoms with Gasteiger partial charge in [0.05, 0.1) is 18.2 Å². The maximum atomic E-state index is 11.9. The highest BCUT2D eigenvalue weighted by atomic mass is 79.9. The number of amides is 1. The summed E-state index contributed by atoms with van der Waals surface area (Å²) in [5.41, 5.74) is 1.61. The third-order valence-electron chi connectivity index (χ3n) is 3.76. The lowest BCUT2D eigenvalue weighted by Gasteiger charge is -2.09. The van der Waals surface area contributed by atoms with Crippen molar-refractivity contribution in [2.75, 3.05) is 13.7 Å². The van der Waals surface area contributed by atoms with Gasteiger partial charge in [0.1, 0.15) is 11.5 Å². The van der Waals surface area contributed by atoms with Crippen LogP contribution >= 0.6 is 15.9 Å². The molecule has 5 nitrogen and oxygen atoms in total. The van der Waals surface area contributed by atoms with Crippen molar-refractivity contribution < 1.29 is 19.1 Å². The smallest absolute Gasteiger partial charge is 0.220 e. The van der Waals surface area contributed by atoms with Crippen molar-refractivity contribution in [1.29, 1.82) is 0 Å². The summed E-state index contributed by atoms with van der Waals surface area (Å²) in [4.78, 5) is 23.3. The second kappa shape index (κ2) is 9.97. The molecule has 26 heavy (non-hydrogen) atoms. The fourth-order valence-corrected chi connectivity index (χ4v) is 2.92. The summed E-state index contributed by atoms with van der Waals surface area (Å²) >= 11 is 3.43. The molecule has 0 unspecified atom stereocenters. The topological polar surface area (TPSA) is 64.6 Å². The van der Waals surface area contributed by atoms with E-state index >= 15 is 0 Å². The Kier molecular flexibility index (Phi) is 7.66. The number of carbonyl (C=O) groups excluding carboxylic acids is 2. The fourth-order valence-electron chi connectivity index (χ4n) is 2.34. The number of halogens is 1. The molecule has 0 spiro atoms. The van der Waals surface area contributed by atoms with Gasteiger partial charge in [-0.3, -0.25) is 9.59 Å². The molecule has 138 valence electrons. The van der Waals surface area contributed by atoms with Crippen LogP contribution < -0.4 is 14.8 Å². The second-order valence-corrected chi connectivity index (χ2v) is 6.64. The predicted molar refractivity (Wildman–Crippen MR) is 104 cm³/mol. The zero-order valence-corrected chi connectivity index (χ0v) is 16.5. The molecule has 0 radical (unpaired) electrons. The second-order valence-electron chi connectivity index (χ2n) is 5.78. The fraction of sp³-hybridized carbons (Fsp3) is 0.300. The summed E-state index contributed by atoms with van der Waals surface area (Å²) in [6.45, 7) is 2.40. The van der Waals surface area contributed by atoms with Crippen molar-refractivity contribution >= 4 is 27.6 Å². The third kappa shape index (κ3) is 6.19. The molecule has 0 bridgehead atoms. The van der Waals surface area contributed by atoms with Crippen molar-refractivity contribution in [2.24, 2.45) is 0 Å². The van der Waals surface area contributed by atoms with Gasteiger partial charge in [-0.25, -0.2) is 0 Å². The quantitative estimate of drug-likeness (QED) is 0.489. The lowest BCUT2D eigenvalue weighted by molar-refractivity contribution is -0.121. The van der Waals surface area contributed by atoms with Gasteiger partial charge in [-0.1, -0.05) is 18.2 Å². The maximum absolute atomic E-state index is 11.9. The van der Waals surface area contributed by atoms with Crippen molar-refractivity contribution in [3.05, 3.63) is 58.1 Å². The number of Topliss-reactive ketones (excluding diaryl/α,β-unsaturated/α-hetero) is 1. The van der Waals surface area contributed by atoms with Crippen molar-refractivity contribution in [2.45, 2.75) is 26.3 Å². The minimum Gasteiger partial charge on any atom is -0.496 e. The highest BCUT2D eigenvalue weighted by Gasteiger charge is 2.05. The van der Waals surface area contributed by atoms with E-state index in [1.807, 2.05) is 18.2 Å². The number of methoxy groups -OCH3 is 1. The van der Waals surface area contributed by atoms with E-state index in [0.717, 1.165) is 15.8 Å². The number of hydrogen-bond donors (Lipinski definition) is 1. The first-order chi connectivity index (χ1) is 12.5. The maximum Gasteiger partial charge on any atom is 0.220 e. The van der Waals surface area contributed by atoms with Gasteiger partial charge in [0.2, 0.25) is 5.91 Å². The molecule has 0 aliphatic carbocycles. The molecule has 0 heterocycles. The molecule has 2 aromatic carbocycles. The lowest BCUT2D eigenvalue weighted by Crippen LogP contribution is -2.23. The van der Waals surface area contributed by atoms with Crippen molar-refractivity contribution in [1.82, 2.24) is 5.32 Å². The molecule has 0 fully saturated rings. The first-order valence-corrected chi connectivity index (χ1v) is 9.12. The Morgan fingerprint density at radius 3 is 2.65 bits per heavy atom. The summed E-state index contributed by atoms with van der Waals surface area (Å²) in [5, 5.41) is 2.89. The summed E-state index contributed by atoms with van der Waals surface area (Å²) in [6.07, 6.45) is 0.978. The van der Waals surface area contributed by atoms with Crippen LogP contribution in [-0.4, -0.2) is 25.4 Å². The van der Waals surface area contributed by atoms with Gasteiger partial charge in [-0.05, 0) is 59.1 Å². The number of ketones is 1. The summed E-state index contributed by atoms with van der Waals surface area (Å²) < 4.78 is 11.6. The van der Waals surface area contributed by atoms with Crippen LogP contribution in [0.2, 0.25) is 0 Å². The molecule has 2 rings (SSSR count). The van der Waals surface area contributed by atoms with Gasteiger partial charge in [0.25, 0.3) is 0 Å². The standard InChI is InChI=1S/C20H22BrNO4/c1-14(23)16-5-3-6-17(12-16)26-10-4-7-20(24)22-13-15-8-9-19(25-2)18(21)11-15/h3,5-6,8-9,11-12H,4,7,10,13H2,1-2H3,(H,22,24). The zero-order valence-electron chi connectivity index (χ0n) is 14.9. The van der Waals surface area contributed by atoms with E-state index in [1.54, 1.807) is 31.4 Å². The van der Waals surface area contributed by atoms with Crippen LogP contribution in [0.3, 0.4) is 0 Å². The molecule has 0 saturated heterocycles. The van der Waals surface area contributed by atoms with Gasteiger partial charge in [-0.15, -0.1) is 0 Å². The van der Waals surface area contributed by atoms with Crippen LogP contribution in [0.4, 0.5) is 0 Å². The Morgan fingerprint density at radius 2 is 1.96 bits per heavy atom. The molecule has 0 aliphatic rings. The van der Waals surface area contributed by atoms with Gasteiger partial charge < -0.3 is 14.8 Å². The molecular weight excluding hydrogens is 398 g/mol. The number of ether oxygens (including phenoxy) is 2. The van der Waals surface area contributed by atoms with E-state index in [1.165, 1.54) is 6.92 Å². The number of benzene rings is 2. The molecule has 1 amide bonds. The first-order valence-electron chi connectivity index (χ1n) is 8.32. The highest BCUT2D eigenvalue weighted by molar-refractivity contribution is 9.10. The van der Waals surface area contributed by atoms with Gasteiger partial charge in [-0.2, -0.15) is 0 Å². The number of carbonyl (C=O) groups is 2. The van der Waals surface area contributed by atoms with E-state index in [0.29, 0.717) is 37.3 Å². The molecule has 0 saturated carbocycles.